The Kier molecular flexibility index (Phi) is 7.30. The van der Waals surface area contributed by atoms with Gasteiger partial charge in [-0.05, 0) is 23.6 Å². The molecule has 132 valence electrons. The fourth-order valence-electron chi connectivity index (χ4n) is 1.79. The molecule has 0 aliphatic carbocycles. The Labute approximate surface area is 157 Å². The van der Waals surface area contributed by atoms with Crippen molar-refractivity contribution < 1.29 is 19.1 Å². The molecule has 0 saturated heterocycles. The first-order valence-electron chi connectivity index (χ1n) is 7.17. The molecule has 1 heterocycles. The molecule has 0 spiro atoms. The van der Waals surface area contributed by atoms with Gasteiger partial charge in [0.1, 0.15) is 5.00 Å². The van der Waals surface area contributed by atoms with Crippen molar-refractivity contribution >= 4 is 57.5 Å². The van der Waals surface area contributed by atoms with Crippen LogP contribution in [0.1, 0.15) is 16.8 Å². The van der Waals surface area contributed by atoms with Gasteiger partial charge >= 0.3 is 5.97 Å². The topological polar surface area (TPSA) is 98.5 Å². The maximum Gasteiger partial charge on any atom is 0.307 e. The summed E-state index contributed by atoms with van der Waals surface area (Å²) < 4.78 is 4.91. The van der Waals surface area contributed by atoms with E-state index in [1.54, 1.807) is 11.4 Å². The fraction of sp³-hybridized carbons (Fsp3) is 0.188. The summed E-state index contributed by atoms with van der Waals surface area (Å²) in [5, 5.41) is 5.09. The molecule has 0 aliphatic heterocycles. The van der Waals surface area contributed by atoms with E-state index in [-0.39, 0.29) is 12.0 Å². The highest BCUT2D eigenvalue weighted by Gasteiger charge is 2.14. The summed E-state index contributed by atoms with van der Waals surface area (Å²) >= 11 is 8.62. The van der Waals surface area contributed by atoms with Crippen molar-refractivity contribution in [1.82, 2.24) is 0 Å². The number of carbonyl (C=O) groups is 3. The Balaban J connectivity index is 1.71. The molecular formula is C16H15ClN2O4S2. The largest absolute Gasteiger partial charge is 0.456 e. The Morgan fingerprint density at radius 1 is 1.24 bits per heavy atom. The first kappa shape index (κ1) is 19.3. The van der Waals surface area contributed by atoms with Gasteiger partial charge in [-0.2, -0.15) is 0 Å². The number of esters is 1. The summed E-state index contributed by atoms with van der Waals surface area (Å²) in [6, 6.07) is 8.85. The van der Waals surface area contributed by atoms with Gasteiger partial charge in [0.15, 0.2) is 6.61 Å². The molecule has 6 nitrogen and oxygen atoms in total. The number of rotatable bonds is 8. The lowest BCUT2D eigenvalue weighted by molar-refractivity contribution is -0.146. The van der Waals surface area contributed by atoms with E-state index in [0.717, 1.165) is 16.2 Å². The number of thiophene rings is 1. The average Bonchev–Trinajstić information content (AvgIpc) is 3.03. The lowest BCUT2D eigenvalue weighted by Gasteiger charge is -2.07. The zero-order valence-electron chi connectivity index (χ0n) is 13.0. The molecule has 2 rings (SSSR count). The number of halogens is 1. The minimum atomic E-state index is -0.634. The molecular weight excluding hydrogens is 384 g/mol. The molecule has 25 heavy (non-hydrogen) atoms. The van der Waals surface area contributed by atoms with Crippen LogP contribution >= 0.6 is 34.7 Å². The molecule has 0 unspecified atom stereocenters. The second-order valence-electron chi connectivity index (χ2n) is 4.77. The number of nitrogens with two attached hydrogens (primary N) is 1. The molecule has 2 amide bonds. The van der Waals surface area contributed by atoms with Crippen molar-refractivity contribution in [3.05, 3.63) is 46.3 Å². The van der Waals surface area contributed by atoms with Gasteiger partial charge in [-0.3, -0.25) is 14.4 Å². The minimum Gasteiger partial charge on any atom is -0.456 e. The Morgan fingerprint density at radius 3 is 2.72 bits per heavy atom. The third-order valence-electron chi connectivity index (χ3n) is 2.95. The normalized spacial score (nSPS) is 10.3. The predicted octanol–water partition coefficient (Wildman–Crippen LogP) is 3.16. The van der Waals surface area contributed by atoms with Crippen LogP contribution in [0.25, 0.3) is 0 Å². The van der Waals surface area contributed by atoms with Crippen molar-refractivity contribution in [1.29, 1.82) is 0 Å². The molecule has 9 heteroatoms. The number of ether oxygens (including phenoxy) is 1. The highest BCUT2D eigenvalue weighted by Crippen LogP contribution is 2.27. The number of anilines is 1. The average molecular weight is 399 g/mol. The van der Waals surface area contributed by atoms with Crippen LogP contribution in [-0.4, -0.2) is 30.1 Å². The number of primary amides is 1. The summed E-state index contributed by atoms with van der Waals surface area (Å²) in [6.45, 7) is -0.425. The fourth-order valence-corrected chi connectivity index (χ4v) is 3.76. The highest BCUT2D eigenvalue weighted by atomic mass is 35.5. The number of nitrogens with one attached hydrogen (secondary N) is 1. The molecule has 1 aromatic carbocycles. The number of carbonyl (C=O) groups excluding carboxylic acids is 3. The van der Waals surface area contributed by atoms with Crippen molar-refractivity contribution in [3.8, 4) is 0 Å². The maximum atomic E-state index is 11.8. The van der Waals surface area contributed by atoms with E-state index in [9.17, 15) is 14.4 Å². The van der Waals surface area contributed by atoms with Crippen molar-refractivity contribution in [2.45, 2.75) is 11.3 Å². The van der Waals surface area contributed by atoms with Gasteiger partial charge in [-0.15, -0.1) is 23.1 Å². The zero-order valence-corrected chi connectivity index (χ0v) is 15.4. The van der Waals surface area contributed by atoms with Gasteiger partial charge in [0, 0.05) is 10.6 Å². The number of benzene rings is 1. The Bertz CT molecular complexity index is 779. The summed E-state index contributed by atoms with van der Waals surface area (Å²) in [5.74, 6) is -1.17. The smallest absolute Gasteiger partial charge is 0.307 e. The van der Waals surface area contributed by atoms with E-state index in [0.29, 0.717) is 15.8 Å². The lowest BCUT2D eigenvalue weighted by atomic mass is 10.3. The van der Waals surface area contributed by atoms with Gasteiger partial charge in [0.25, 0.3) is 11.8 Å². The number of hydrogen-bond donors (Lipinski definition) is 2. The van der Waals surface area contributed by atoms with Crippen LogP contribution in [0.2, 0.25) is 5.02 Å². The van der Waals surface area contributed by atoms with Gasteiger partial charge in [-0.25, -0.2) is 0 Å². The molecule has 0 saturated carbocycles. The molecule has 2 aromatic rings. The SMILES string of the molecule is NC(=O)c1ccsc1NC(=O)COC(=O)CCSc1ccccc1Cl. The minimum absolute atomic E-state index is 0.148. The third kappa shape index (κ3) is 6.08. The van der Waals surface area contributed by atoms with Gasteiger partial charge in [-0.1, -0.05) is 23.7 Å². The van der Waals surface area contributed by atoms with Crippen LogP contribution in [0.4, 0.5) is 5.00 Å². The number of amides is 2. The summed E-state index contributed by atoms with van der Waals surface area (Å²) in [7, 11) is 0. The zero-order chi connectivity index (χ0) is 18.2. The number of thioether (sulfide) groups is 1. The lowest BCUT2D eigenvalue weighted by Crippen LogP contribution is -2.22. The third-order valence-corrected chi connectivity index (χ3v) is 5.30. The molecule has 0 radical (unpaired) electrons. The predicted molar refractivity (Wildman–Crippen MR) is 99.2 cm³/mol. The molecule has 0 fully saturated rings. The van der Waals surface area contributed by atoms with Crippen molar-refractivity contribution in [3.63, 3.8) is 0 Å². The van der Waals surface area contributed by atoms with E-state index < -0.39 is 24.4 Å². The highest BCUT2D eigenvalue weighted by molar-refractivity contribution is 7.99. The molecule has 3 N–H and O–H groups in total. The van der Waals surface area contributed by atoms with E-state index in [2.05, 4.69) is 5.32 Å². The molecule has 0 atom stereocenters. The molecule has 1 aromatic heterocycles. The molecule has 0 aliphatic rings. The summed E-state index contributed by atoms with van der Waals surface area (Å²) in [6.07, 6.45) is 0.148. The van der Waals surface area contributed by atoms with Gasteiger partial charge < -0.3 is 15.8 Å². The Morgan fingerprint density at radius 2 is 2.00 bits per heavy atom. The second-order valence-corrected chi connectivity index (χ2v) is 7.23. The summed E-state index contributed by atoms with van der Waals surface area (Å²) in [5.41, 5.74) is 5.41. The van der Waals surface area contributed by atoms with E-state index in [4.69, 9.17) is 22.1 Å². The van der Waals surface area contributed by atoms with Crippen LogP contribution in [0.3, 0.4) is 0 Å². The van der Waals surface area contributed by atoms with Crippen LogP contribution < -0.4 is 11.1 Å². The van der Waals surface area contributed by atoms with Crippen LogP contribution in [0.5, 0.6) is 0 Å². The maximum absolute atomic E-state index is 11.8. The first-order chi connectivity index (χ1) is 12.0. The van der Waals surface area contributed by atoms with Crippen LogP contribution in [0, 0.1) is 0 Å². The second kappa shape index (κ2) is 9.45. The van der Waals surface area contributed by atoms with Gasteiger partial charge in [0.05, 0.1) is 17.0 Å². The van der Waals surface area contributed by atoms with Crippen molar-refractivity contribution in [2.24, 2.45) is 5.73 Å². The quantitative estimate of drug-likeness (QED) is 0.525. The van der Waals surface area contributed by atoms with Crippen LogP contribution in [-0.2, 0) is 14.3 Å². The Hall–Kier alpha value is -2.03. The number of hydrogen-bond acceptors (Lipinski definition) is 6. The standard InChI is InChI=1S/C16H15ClN2O4S2/c17-11-3-1-2-4-12(11)24-8-6-14(21)23-9-13(20)19-16-10(15(18)22)5-7-25-16/h1-5,7H,6,8-9H2,(H2,18,22)(H,19,20). The molecule has 0 bridgehead atoms. The monoisotopic (exact) mass is 398 g/mol. The summed E-state index contributed by atoms with van der Waals surface area (Å²) in [4.78, 5) is 35.5. The van der Waals surface area contributed by atoms with Crippen molar-refractivity contribution in [2.75, 3.05) is 17.7 Å². The van der Waals surface area contributed by atoms with Gasteiger partial charge in [0.2, 0.25) is 0 Å². The van der Waals surface area contributed by atoms with E-state index >= 15 is 0 Å². The van der Waals surface area contributed by atoms with E-state index in [1.165, 1.54) is 17.8 Å². The first-order valence-corrected chi connectivity index (χ1v) is 9.42. The van der Waals surface area contributed by atoms with E-state index in [1.807, 2.05) is 18.2 Å². The van der Waals surface area contributed by atoms with Crippen LogP contribution in [0.15, 0.2) is 40.6 Å².